The van der Waals surface area contributed by atoms with Crippen molar-refractivity contribution in [2.75, 3.05) is 13.2 Å². The van der Waals surface area contributed by atoms with Gasteiger partial charge in [0.2, 0.25) is 0 Å². The molecule has 0 heterocycles. The second kappa shape index (κ2) is 41.2. The molecule has 0 aliphatic carbocycles. The van der Waals surface area contributed by atoms with Crippen LogP contribution in [0.3, 0.4) is 0 Å². The zero-order valence-electron chi connectivity index (χ0n) is 34.4. The molecule has 0 aromatic rings. The van der Waals surface area contributed by atoms with Crippen molar-refractivity contribution in [3.63, 3.8) is 0 Å². The third-order valence-corrected chi connectivity index (χ3v) is 10.1. The summed E-state index contributed by atoms with van der Waals surface area (Å²) in [5.74, 6) is -0.869. The molecule has 6 heteroatoms. The summed E-state index contributed by atoms with van der Waals surface area (Å²) in [7, 11) is 0. The lowest BCUT2D eigenvalue weighted by atomic mass is 10.0. The van der Waals surface area contributed by atoms with Gasteiger partial charge < -0.3 is 14.2 Å². The summed E-state index contributed by atoms with van der Waals surface area (Å²) in [6.45, 7) is 6.56. The number of unbranched alkanes of at least 4 members (excludes halogenated alkanes) is 30. The number of hydrogen-bond donors (Lipinski definition) is 0. The van der Waals surface area contributed by atoms with E-state index in [1.165, 1.54) is 148 Å². The molecule has 51 heavy (non-hydrogen) atoms. The second-order valence-electron chi connectivity index (χ2n) is 15.3. The molecule has 0 aromatic heterocycles. The van der Waals surface area contributed by atoms with Gasteiger partial charge in [0.15, 0.2) is 6.10 Å². The van der Waals surface area contributed by atoms with Gasteiger partial charge in [0, 0.05) is 19.3 Å². The molecule has 0 aliphatic rings. The molecule has 0 spiro atoms. The summed E-state index contributed by atoms with van der Waals surface area (Å²) in [4.78, 5) is 37.4. The lowest BCUT2D eigenvalue weighted by Crippen LogP contribution is -2.30. The Morgan fingerprint density at radius 2 is 0.529 bits per heavy atom. The highest BCUT2D eigenvalue weighted by Gasteiger charge is 2.19. The zero-order chi connectivity index (χ0) is 37.3. The first-order valence-electron chi connectivity index (χ1n) is 22.5. The molecule has 0 fully saturated rings. The second-order valence-corrected chi connectivity index (χ2v) is 15.3. The minimum Gasteiger partial charge on any atom is -0.462 e. The van der Waals surface area contributed by atoms with Crippen LogP contribution in [0.25, 0.3) is 0 Å². The van der Waals surface area contributed by atoms with Crippen LogP contribution >= 0.6 is 0 Å². The smallest absolute Gasteiger partial charge is 0.306 e. The van der Waals surface area contributed by atoms with Crippen molar-refractivity contribution < 1.29 is 28.6 Å². The quantitative estimate of drug-likeness (QED) is 0.0355. The van der Waals surface area contributed by atoms with E-state index in [0.717, 1.165) is 64.2 Å². The van der Waals surface area contributed by atoms with Crippen molar-refractivity contribution in [2.24, 2.45) is 0 Å². The Labute approximate surface area is 317 Å². The fourth-order valence-electron chi connectivity index (χ4n) is 6.68. The van der Waals surface area contributed by atoms with Gasteiger partial charge >= 0.3 is 17.9 Å². The van der Waals surface area contributed by atoms with Crippen molar-refractivity contribution in [1.29, 1.82) is 0 Å². The number of carbonyl (C=O) groups excluding carboxylic acids is 3. The van der Waals surface area contributed by atoms with E-state index in [1.54, 1.807) is 0 Å². The number of esters is 3. The van der Waals surface area contributed by atoms with E-state index in [0.29, 0.717) is 19.3 Å². The highest BCUT2D eigenvalue weighted by atomic mass is 16.6. The lowest BCUT2D eigenvalue weighted by molar-refractivity contribution is -0.167. The molecular formula is C45H86O6. The molecule has 302 valence electrons. The Kier molecular flexibility index (Phi) is 39.9. The molecule has 0 radical (unpaired) electrons. The predicted octanol–water partition coefficient (Wildman–Crippen LogP) is 14.1. The molecule has 0 unspecified atom stereocenters. The van der Waals surface area contributed by atoms with Gasteiger partial charge in [-0.2, -0.15) is 0 Å². The fraction of sp³-hybridized carbons (Fsp3) is 0.933. The van der Waals surface area contributed by atoms with Gasteiger partial charge in [-0.05, 0) is 19.3 Å². The van der Waals surface area contributed by atoms with Crippen LogP contribution in [-0.2, 0) is 28.6 Å². The van der Waals surface area contributed by atoms with E-state index in [-0.39, 0.29) is 31.1 Å². The molecule has 0 amide bonds. The number of rotatable bonds is 41. The van der Waals surface area contributed by atoms with Crippen molar-refractivity contribution in [1.82, 2.24) is 0 Å². The molecular weight excluding hydrogens is 636 g/mol. The summed E-state index contributed by atoms with van der Waals surface area (Å²) >= 11 is 0. The predicted molar refractivity (Wildman–Crippen MR) is 215 cm³/mol. The van der Waals surface area contributed by atoms with Crippen molar-refractivity contribution >= 4 is 17.9 Å². The Hall–Kier alpha value is -1.59. The van der Waals surface area contributed by atoms with Crippen LogP contribution in [0.1, 0.15) is 252 Å². The minimum atomic E-state index is -0.756. The van der Waals surface area contributed by atoms with Gasteiger partial charge in [-0.15, -0.1) is 0 Å². The van der Waals surface area contributed by atoms with Crippen LogP contribution < -0.4 is 0 Å². The summed E-state index contributed by atoms with van der Waals surface area (Å²) < 4.78 is 16.6. The van der Waals surface area contributed by atoms with Crippen molar-refractivity contribution in [3.8, 4) is 0 Å². The summed E-state index contributed by atoms with van der Waals surface area (Å²) in [6.07, 6.45) is 41.2. The van der Waals surface area contributed by atoms with Crippen LogP contribution in [0.15, 0.2) is 0 Å². The van der Waals surface area contributed by atoms with E-state index in [2.05, 4.69) is 20.8 Å². The van der Waals surface area contributed by atoms with Crippen LogP contribution in [0.2, 0.25) is 0 Å². The Morgan fingerprint density at radius 1 is 0.314 bits per heavy atom. The van der Waals surface area contributed by atoms with Gasteiger partial charge in [0.25, 0.3) is 0 Å². The molecule has 1 atom stereocenters. The standard InChI is InChI=1S/C45H86O6/c1-4-7-10-13-15-17-19-20-21-22-23-24-25-26-28-30-33-36-39-45(48)51-42(40-49-43(46)37-34-31-12-9-6-3)41-50-44(47)38-35-32-29-27-18-16-14-11-8-5-2/h42H,4-41H2,1-3H3/t42-/m1/s1. The van der Waals surface area contributed by atoms with E-state index in [1.807, 2.05) is 0 Å². The maximum absolute atomic E-state index is 12.7. The third-order valence-electron chi connectivity index (χ3n) is 10.1. The van der Waals surface area contributed by atoms with Crippen LogP contribution in [0.5, 0.6) is 0 Å². The third kappa shape index (κ3) is 39.5. The van der Waals surface area contributed by atoms with Gasteiger partial charge in [-0.3, -0.25) is 14.4 Å². The van der Waals surface area contributed by atoms with Crippen molar-refractivity contribution in [2.45, 2.75) is 258 Å². The number of carbonyl (C=O) groups is 3. The van der Waals surface area contributed by atoms with Gasteiger partial charge in [0.1, 0.15) is 13.2 Å². The first-order valence-corrected chi connectivity index (χ1v) is 22.5. The molecule has 0 aromatic carbocycles. The lowest BCUT2D eigenvalue weighted by Gasteiger charge is -2.18. The first kappa shape index (κ1) is 49.4. The normalized spacial score (nSPS) is 11.8. The zero-order valence-corrected chi connectivity index (χ0v) is 34.4. The topological polar surface area (TPSA) is 78.9 Å². The largest absolute Gasteiger partial charge is 0.462 e. The van der Waals surface area contributed by atoms with Gasteiger partial charge in [0.05, 0.1) is 0 Å². The number of hydrogen-bond acceptors (Lipinski definition) is 6. The van der Waals surface area contributed by atoms with Gasteiger partial charge in [-0.25, -0.2) is 0 Å². The summed E-state index contributed by atoms with van der Waals surface area (Å²) in [5, 5.41) is 0. The van der Waals surface area contributed by atoms with E-state index in [9.17, 15) is 14.4 Å². The highest BCUT2D eigenvalue weighted by Crippen LogP contribution is 2.16. The maximum Gasteiger partial charge on any atom is 0.306 e. The van der Waals surface area contributed by atoms with Crippen molar-refractivity contribution in [3.05, 3.63) is 0 Å². The van der Waals surface area contributed by atoms with Crippen LogP contribution in [0.4, 0.5) is 0 Å². The Balaban J connectivity index is 4.13. The molecule has 0 bridgehead atoms. The maximum atomic E-state index is 12.7. The molecule has 0 rings (SSSR count). The van der Waals surface area contributed by atoms with Crippen LogP contribution in [-0.4, -0.2) is 37.2 Å². The average molecular weight is 723 g/mol. The average Bonchev–Trinajstić information content (AvgIpc) is 3.12. The first-order chi connectivity index (χ1) is 25.0. The highest BCUT2D eigenvalue weighted by molar-refractivity contribution is 5.71. The monoisotopic (exact) mass is 723 g/mol. The Bertz CT molecular complexity index is 753. The summed E-state index contributed by atoms with van der Waals surface area (Å²) in [5.41, 5.74) is 0. The summed E-state index contributed by atoms with van der Waals surface area (Å²) in [6, 6.07) is 0. The Morgan fingerprint density at radius 3 is 0.784 bits per heavy atom. The number of ether oxygens (including phenoxy) is 3. The van der Waals surface area contributed by atoms with E-state index in [4.69, 9.17) is 14.2 Å². The fourth-order valence-corrected chi connectivity index (χ4v) is 6.68. The molecule has 6 nitrogen and oxygen atoms in total. The molecule has 0 saturated carbocycles. The molecule has 0 aliphatic heterocycles. The van der Waals surface area contributed by atoms with E-state index < -0.39 is 6.10 Å². The SMILES string of the molecule is CCCCCCCCCCCCCCCCCCCCC(=O)O[C@H](COC(=O)CCCCCCC)COC(=O)CCCCCCCCCCCC. The minimum absolute atomic E-state index is 0.0642. The van der Waals surface area contributed by atoms with Gasteiger partial charge in [-0.1, -0.05) is 213 Å². The molecule has 0 N–H and O–H groups in total. The molecule has 0 saturated heterocycles. The van der Waals surface area contributed by atoms with Crippen LogP contribution in [0, 0.1) is 0 Å². The van der Waals surface area contributed by atoms with E-state index >= 15 is 0 Å².